The van der Waals surface area contributed by atoms with Gasteiger partial charge in [0.15, 0.2) is 0 Å². The summed E-state index contributed by atoms with van der Waals surface area (Å²) in [5.74, 6) is 0. The summed E-state index contributed by atoms with van der Waals surface area (Å²) >= 11 is 2.76. The molecule has 158 valence electrons. The minimum Gasteiger partial charge on any atom is -0.309 e. The lowest BCUT2D eigenvalue weighted by molar-refractivity contribution is 0.218. The smallest absolute Gasteiger partial charge is 0.309 e. The van der Waals surface area contributed by atoms with Crippen LogP contribution in [0.15, 0.2) is 10.8 Å². The summed E-state index contributed by atoms with van der Waals surface area (Å²) < 4.78 is 46.6. The quantitative estimate of drug-likeness (QED) is 0.340. The van der Waals surface area contributed by atoms with E-state index in [9.17, 15) is 9.13 Å². The van der Waals surface area contributed by atoms with Crippen LogP contribution in [0.1, 0.15) is 37.7 Å². The molecule has 2 heterocycles. The third-order valence-corrected chi connectivity index (χ3v) is 9.43. The predicted octanol–water partition coefficient (Wildman–Crippen LogP) is 5.80. The minimum absolute atomic E-state index is 0.125. The molecule has 2 aromatic heterocycles. The van der Waals surface area contributed by atoms with Crippen LogP contribution in [0.5, 0.6) is 0 Å². The molecule has 0 saturated carbocycles. The van der Waals surface area contributed by atoms with E-state index in [1.54, 1.807) is 27.7 Å². The number of rotatable bonds is 13. The lowest BCUT2D eigenvalue weighted by atomic mass is 10.4. The molecule has 2 rings (SSSR count). The maximum Gasteiger partial charge on any atom is 0.337 e. The molecule has 28 heavy (non-hydrogen) atoms. The molecule has 0 aliphatic carbocycles. The molecule has 0 bridgehead atoms. The first kappa shape index (κ1) is 23.8. The average Bonchev–Trinajstić information content (AvgIpc) is 3.24. The number of hydrogen-bond acceptors (Lipinski definition) is 10. The molecular weight excluding hydrogens is 442 g/mol. The lowest BCUT2D eigenvalue weighted by Gasteiger charge is -2.15. The van der Waals surface area contributed by atoms with Gasteiger partial charge in [-0.05, 0) is 27.7 Å². The fourth-order valence-electron chi connectivity index (χ4n) is 2.38. The molecule has 0 fully saturated rings. The van der Waals surface area contributed by atoms with Gasteiger partial charge in [0, 0.05) is 10.8 Å². The maximum absolute atomic E-state index is 12.7. The first-order valence-corrected chi connectivity index (χ1v) is 14.2. The molecule has 8 nitrogen and oxygen atoms in total. The number of hydrogen-bond donors (Lipinski definition) is 0. The van der Waals surface area contributed by atoms with Gasteiger partial charge in [0.2, 0.25) is 0 Å². The van der Waals surface area contributed by atoms with E-state index in [0.717, 1.165) is 0 Å². The van der Waals surface area contributed by atoms with Gasteiger partial charge in [-0.2, -0.15) is 0 Å². The standard InChI is InChI=1S/C16H26N2O6P2S2/c1-5-21-25(19,22-6-2)9-15-17-13(11-27-15)14-12-28-16(18-14)10-26(20,23-7-3)24-8-4/h11-12H,5-10H2,1-4H3. The average molecular weight is 468 g/mol. The first-order valence-electron chi connectivity index (χ1n) is 9.02. The zero-order chi connectivity index (χ0) is 20.6. The van der Waals surface area contributed by atoms with Gasteiger partial charge < -0.3 is 18.1 Å². The Kier molecular flexibility index (Phi) is 9.44. The van der Waals surface area contributed by atoms with E-state index in [1.807, 2.05) is 10.8 Å². The highest BCUT2D eigenvalue weighted by Gasteiger charge is 2.28. The van der Waals surface area contributed by atoms with Crippen LogP contribution in [-0.4, -0.2) is 36.4 Å². The first-order chi connectivity index (χ1) is 13.4. The Morgan fingerprint density at radius 3 is 1.32 bits per heavy atom. The second kappa shape index (κ2) is 11.1. The van der Waals surface area contributed by atoms with Gasteiger partial charge in [-0.25, -0.2) is 9.97 Å². The van der Waals surface area contributed by atoms with Gasteiger partial charge in [0.1, 0.15) is 33.7 Å². The van der Waals surface area contributed by atoms with Crippen LogP contribution in [0.2, 0.25) is 0 Å². The third kappa shape index (κ3) is 6.82. The van der Waals surface area contributed by atoms with Crippen LogP contribution in [0.4, 0.5) is 0 Å². The Balaban J connectivity index is 2.12. The van der Waals surface area contributed by atoms with Gasteiger partial charge in [-0.3, -0.25) is 9.13 Å². The molecule has 0 radical (unpaired) electrons. The third-order valence-electron chi connectivity index (χ3n) is 3.33. The summed E-state index contributed by atoms with van der Waals surface area (Å²) in [4.78, 5) is 9.02. The second-order valence-corrected chi connectivity index (χ2v) is 11.5. The van der Waals surface area contributed by atoms with Gasteiger partial charge in [0.05, 0.1) is 26.4 Å². The summed E-state index contributed by atoms with van der Waals surface area (Å²) in [6, 6.07) is 0. The maximum atomic E-state index is 12.7. The van der Waals surface area contributed by atoms with E-state index in [1.165, 1.54) is 22.7 Å². The Morgan fingerprint density at radius 2 is 1.04 bits per heavy atom. The van der Waals surface area contributed by atoms with Crippen molar-refractivity contribution < 1.29 is 27.2 Å². The Hall–Kier alpha value is -0.440. The van der Waals surface area contributed by atoms with Crippen molar-refractivity contribution in [2.75, 3.05) is 26.4 Å². The molecular formula is C16H26N2O6P2S2. The molecule has 0 aliphatic heterocycles. The molecule has 0 aliphatic rings. The van der Waals surface area contributed by atoms with Crippen LogP contribution >= 0.6 is 37.9 Å². The molecule has 0 amide bonds. The van der Waals surface area contributed by atoms with Crippen molar-refractivity contribution in [3.05, 3.63) is 20.8 Å². The molecule has 0 spiro atoms. The fourth-order valence-corrected chi connectivity index (χ4v) is 7.96. The van der Waals surface area contributed by atoms with E-state index in [2.05, 4.69) is 9.97 Å². The molecule has 0 atom stereocenters. The molecule has 2 aromatic rings. The van der Waals surface area contributed by atoms with E-state index < -0.39 is 15.2 Å². The lowest BCUT2D eigenvalue weighted by Crippen LogP contribution is -1.99. The highest BCUT2D eigenvalue weighted by atomic mass is 32.1. The van der Waals surface area contributed by atoms with E-state index in [0.29, 0.717) is 47.8 Å². The molecule has 0 saturated heterocycles. The highest BCUT2D eigenvalue weighted by Crippen LogP contribution is 2.53. The largest absolute Gasteiger partial charge is 0.337 e. The van der Waals surface area contributed by atoms with Gasteiger partial charge in [-0.1, -0.05) is 0 Å². The zero-order valence-corrected chi connectivity index (χ0v) is 19.9. The minimum atomic E-state index is -3.20. The summed E-state index contributed by atoms with van der Waals surface area (Å²) in [5.41, 5.74) is 1.34. The normalized spacial score (nSPS) is 12.6. The van der Waals surface area contributed by atoms with Crippen molar-refractivity contribution in [1.82, 2.24) is 9.97 Å². The highest BCUT2D eigenvalue weighted by molar-refractivity contribution is 7.53. The van der Waals surface area contributed by atoms with Crippen LogP contribution in [0.3, 0.4) is 0 Å². The van der Waals surface area contributed by atoms with Crippen LogP contribution < -0.4 is 0 Å². The van der Waals surface area contributed by atoms with Crippen molar-refractivity contribution in [3.63, 3.8) is 0 Å². The topological polar surface area (TPSA) is 96.8 Å². The Labute approximate surface area is 173 Å². The monoisotopic (exact) mass is 468 g/mol. The van der Waals surface area contributed by atoms with E-state index in [-0.39, 0.29) is 12.3 Å². The van der Waals surface area contributed by atoms with E-state index >= 15 is 0 Å². The van der Waals surface area contributed by atoms with Crippen LogP contribution in [0.25, 0.3) is 11.4 Å². The number of nitrogens with zero attached hydrogens (tertiary/aromatic N) is 2. The summed E-state index contributed by atoms with van der Waals surface area (Å²) in [6.45, 7) is 8.35. The number of aromatic nitrogens is 2. The summed E-state index contributed by atoms with van der Waals surface area (Å²) in [5, 5.41) is 5.01. The summed E-state index contributed by atoms with van der Waals surface area (Å²) in [7, 11) is -6.39. The van der Waals surface area contributed by atoms with Crippen molar-refractivity contribution in [2.24, 2.45) is 0 Å². The predicted molar refractivity (Wildman–Crippen MR) is 112 cm³/mol. The van der Waals surface area contributed by atoms with Gasteiger partial charge in [-0.15, -0.1) is 22.7 Å². The van der Waals surface area contributed by atoms with Crippen LogP contribution in [-0.2, 0) is 39.5 Å². The zero-order valence-electron chi connectivity index (χ0n) is 16.5. The fraction of sp³-hybridized carbons (Fsp3) is 0.625. The Morgan fingerprint density at radius 1 is 0.714 bits per heavy atom. The van der Waals surface area contributed by atoms with Crippen molar-refractivity contribution >= 4 is 37.9 Å². The molecule has 12 heteroatoms. The van der Waals surface area contributed by atoms with E-state index in [4.69, 9.17) is 18.1 Å². The van der Waals surface area contributed by atoms with Gasteiger partial charge in [0.25, 0.3) is 0 Å². The SMILES string of the molecule is CCOP(=O)(Cc1nc(-c2csc(CP(=O)(OCC)OCC)n2)cs1)OCC. The van der Waals surface area contributed by atoms with Crippen molar-refractivity contribution in [1.29, 1.82) is 0 Å². The Bertz CT molecular complexity index is 752. The summed E-state index contributed by atoms with van der Waals surface area (Å²) in [6.07, 6.45) is 0.250. The number of thiazole rings is 2. The molecule has 0 N–H and O–H groups in total. The van der Waals surface area contributed by atoms with Crippen molar-refractivity contribution in [3.8, 4) is 11.4 Å². The van der Waals surface area contributed by atoms with Crippen LogP contribution in [0, 0.1) is 0 Å². The second-order valence-electron chi connectivity index (χ2n) is 5.46. The molecule has 0 aromatic carbocycles. The molecule has 0 unspecified atom stereocenters. The van der Waals surface area contributed by atoms with Crippen molar-refractivity contribution in [2.45, 2.75) is 40.0 Å². The van der Waals surface area contributed by atoms with Gasteiger partial charge >= 0.3 is 15.2 Å².